The zero-order valence-corrected chi connectivity index (χ0v) is 9.41. The molecule has 0 fully saturated rings. The lowest BCUT2D eigenvalue weighted by atomic mass is 10.1. The van der Waals surface area contributed by atoms with Gasteiger partial charge >= 0.3 is 0 Å². The van der Waals surface area contributed by atoms with Gasteiger partial charge in [-0.1, -0.05) is 24.3 Å². The Labute approximate surface area is 100 Å². The Morgan fingerprint density at radius 3 is 2.59 bits per heavy atom. The number of pyridine rings is 1. The maximum atomic E-state index is 6.00. The molecule has 1 aromatic heterocycles. The summed E-state index contributed by atoms with van der Waals surface area (Å²) < 4.78 is 5.57. The number of benzene rings is 1. The lowest BCUT2D eigenvalue weighted by molar-refractivity contribution is 0.291. The number of nitrogens with zero attached hydrogens (tertiary/aromatic N) is 1. The molecular formula is C13H15N3O. The van der Waals surface area contributed by atoms with Crippen LogP contribution in [0, 0.1) is 0 Å². The van der Waals surface area contributed by atoms with Crippen LogP contribution in [0.2, 0.25) is 0 Å². The molecule has 0 aliphatic rings. The van der Waals surface area contributed by atoms with Crippen LogP contribution in [0.5, 0.6) is 5.75 Å². The second kappa shape index (κ2) is 5.32. The van der Waals surface area contributed by atoms with Gasteiger partial charge in [-0.3, -0.25) is 0 Å². The molecule has 1 unspecified atom stereocenters. The number of hydrogen-bond donors (Lipinski definition) is 2. The molecule has 0 saturated heterocycles. The van der Waals surface area contributed by atoms with Crippen molar-refractivity contribution in [2.24, 2.45) is 5.73 Å². The Balaban J connectivity index is 1.99. The standard InChI is InChI=1S/C13H15N3O/c14-12(11-7-4-8-16-13(11)15)9-17-10-5-2-1-3-6-10/h1-8,12H,9,14H2,(H2,15,16). The zero-order valence-electron chi connectivity index (χ0n) is 9.41. The number of ether oxygens (including phenoxy) is 1. The maximum absolute atomic E-state index is 6.00. The Kier molecular flexibility index (Phi) is 3.57. The Morgan fingerprint density at radius 1 is 1.12 bits per heavy atom. The van der Waals surface area contributed by atoms with Crippen molar-refractivity contribution in [1.29, 1.82) is 0 Å². The van der Waals surface area contributed by atoms with Gasteiger partial charge in [-0.2, -0.15) is 0 Å². The summed E-state index contributed by atoms with van der Waals surface area (Å²) in [5.41, 5.74) is 12.6. The number of nitrogens with two attached hydrogens (primary N) is 2. The van der Waals surface area contributed by atoms with Gasteiger partial charge in [0.2, 0.25) is 0 Å². The summed E-state index contributed by atoms with van der Waals surface area (Å²) in [6, 6.07) is 12.9. The first-order valence-corrected chi connectivity index (χ1v) is 5.41. The third kappa shape index (κ3) is 2.95. The molecule has 1 heterocycles. The van der Waals surface area contributed by atoms with Crippen LogP contribution in [0.15, 0.2) is 48.7 Å². The predicted octanol–water partition coefficient (Wildman–Crippen LogP) is 1.74. The van der Waals surface area contributed by atoms with Gasteiger partial charge in [0.1, 0.15) is 18.2 Å². The van der Waals surface area contributed by atoms with E-state index in [-0.39, 0.29) is 6.04 Å². The third-order valence-corrected chi connectivity index (χ3v) is 2.44. The van der Waals surface area contributed by atoms with Crippen LogP contribution in [-0.4, -0.2) is 11.6 Å². The molecule has 0 amide bonds. The van der Waals surface area contributed by atoms with E-state index in [0.717, 1.165) is 11.3 Å². The smallest absolute Gasteiger partial charge is 0.128 e. The van der Waals surface area contributed by atoms with E-state index in [1.165, 1.54) is 0 Å². The van der Waals surface area contributed by atoms with Crippen LogP contribution in [0.3, 0.4) is 0 Å². The van der Waals surface area contributed by atoms with Gasteiger partial charge in [-0.05, 0) is 18.2 Å². The van der Waals surface area contributed by atoms with Crippen LogP contribution >= 0.6 is 0 Å². The molecule has 0 aliphatic heterocycles. The van der Waals surface area contributed by atoms with E-state index in [4.69, 9.17) is 16.2 Å². The summed E-state index contributed by atoms with van der Waals surface area (Å²) in [4.78, 5) is 4.00. The molecular weight excluding hydrogens is 214 g/mol. The molecule has 88 valence electrons. The fourth-order valence-corrected chi connectivity index (χ4v) is 1.54. The molecule has 2 rings (SSSR count). The Bertz CT molecular complexity index is 473. The fourth-order valence-electron chi connectivity index (χ4n) is 1.54. The SMILES string of the molecule is Nc1ncccc1C(N)COc1ccccc1. The first-order chi connectivity index (χ1) is 8.27. The maximum Gasteiger partial charge on any atom is 0.128 e. The lowest BCUT2D eigenvalue weighted by Crippen LogP contribution is -2.20. The van der Waals surface area contributed by atoms with Gasteiger partial charge in [0, 0.05) is 11.8 Å². The van der Waals surface area contributed by atoms with Crippen molar-refractivity contribution in [1.82, 2.24) is 4.98 Å². The summed E-state index contributed by atoms with van der Waals surface area (Å²) in [6.45, 7) is 0.375. The van der Waals surface area contributed by atoms with E-state index >= 15 is 0 Å². The third-order valence-electron chi connectivity index (χ3n) is 2.44. The molecule has 4 N–H and O–H groups in total. The highest BCUT2D eigenvalue weighted by atomic mass is 16.5. The van der Waals surface area contributed by atoms with Crippen LogP contribution in [0.25, 0.3) is 0 Å². The monoisotopic (exact) mass is 229 g/mol. The number of rotatable bonds is 4. The molecule has 0 saturated carbocycles. The van der Waals surface area contributed by atoms with Crippen molar-refractivity contribution in [3.8, 4) is 5.75 Å². The van der Waals surface area contributed by atoms with Gasteiger partial charge in [0.25, 0.3) is 0 Å². The van der Waals surface area contributed by atoms with Crippen molar-refractivity contribution < 1.29 is 4.74 Å². The summed E-state index contributed by atoms with van der Waals surface area (Å²) in [6.07, 6.45) is 1.64. The topological polar surface area (TPSA) is 74.2 Å². The Hall–Kier alpha value is -2.07. The highest BCUT2D eigenvalue weighted by Gasteiger charge is 2.10. The summed E-state index contributed by atoms with van der Waals surface area (Å²) in [5, 5.41) is 0. The van der Waals surface area contributed by atoms with E-state index < -0.39 is 0 Å². The average Bonchev–Trinajstić information content (AvgIpc) is 2.38. The molecule has 0 spiro atoms. The summed E-state index contributed by atoms with van der Waals surface area (Å²) in [7, 11) is 0. The molecule has 1 aromatic carbocycles. The summed E-state index contributed by atoms with van der Waals surface area (Å²) in [5.74, 6) is 1.25. The van der Waals surface area contributed by atoms with E-state index in [1.54, 1.807) is 6.20 Å². The van der Waals surface area contributed by atoms with Crippen molar-refractivity contribution in [3.63, 3.8) is 0 Å². The molecule has 0 aliphatic carbocycles. The van der Waals surface area contributed by atoms with Gasteiger partial charge < -0.3 is 16.2 Å². The van der Waals surface area contributed by atoms with E-state index in [9.17, 15) is 0 Å². The van der Waals surface area contributed by atoms with Crippen molar-refractivity contribution in [2.75, 3.05) is 12.3 Å². The van der Waals surface area contributed by atoms with Crippen molar-refractivity contribution in [2.45, 2.75) is 6.04 Å². The quantitative estimate of drug-likeness (QED) is 0.837. The number of hydrogen-bond acceptors (Lipinski definition) is 4. The van der Waals surface area contributed by atoms with Crippen molar-refractivity contribution >= 4 is 5.82 Å². The van der Waals surface area contributed by atoms with Crippen LogP contribution in [-0.2, 0) is 0 Å². The molecule has 17 heavy (non-hydrogen) atoms. The number of aromatic nitrogens is 1. The van der Waals surface area contributed by atoms with Gasteiger partial charge in [0.05, 0.1) is 6.04 Å². The predicted molar refractivity (Wildman–Crippen MR) is 67.5 cm³/mol. The van der Waals surface area contributed by atoms with Gasteiger partial charge in [-0.15, -0.1) is 0 Å². The van der Waals surface area contributed by atoms with Gasteiger partial charge in [-0.25, -0.2) is 4.98 Å². The van der Waals surface area contributed by atoms with E-state index in [1.807, 2.05) is 42.5 Å². The minimum absolute atomic E-state index is 0.274. The van der Waals surface area contributed by atoms with Crippen LogP contribution < -0.4 is 16.2 Å². The van der Waals surface area contributed by atoms with Crippen LogP contribution in [0.4, 0.5) is 5.82 Å². The minimum Gasteiger partial charge on any atom is -0.492 e. The van der Waals surface area contributed by atoms with E-state index in [2.05, 4.69) is 4.98 Å². The molecule has 4 heteroatoms. The highest BCUT2D eigenvalue weighted by molar-refractivity contribution is 5.40. The number of para-hydroxylation sites is 1. The molecule has 2 aromatic rings. The molecule has 4 nitrogen and oxygen atoms in total. The zero-order chi connectivity index (χ0) is 12.1. The first-order valence-electron chi connectivity index (χ1n) is 5.41. The lowest BCUT2D eigenvalue weighted by Gasteiger charge is -2.14. The average molecular weight is 229 g/mol. The second-order valence-electron chi connectivity index (χ2n) is 3.71. The normalized spacial score (nSPS) is 12.1. The fraction of sp³-hybridized carbons (Fsp3) is 0.154. The molecule has 1 atom stereocenters. The van der Waals surface area contributed by atoms with Crippen molar-refractivity contribution in [3.05, 3.63) is 54.2 Å². The summed E-state index contributed by atoms with van der Waals surface area (Å²) >= 11 is 0. The van der Waals surface area contributed by atoms with Gasteiger partial charge in [0.15, 0.2) is 0 Å². The van der Waals surface area contributed by atoms with E-state index in [0.29, 0.717) is 12.4 Å². The first kappa shape index (κ1) is 11.4. The van der Waals surface area contributed by atoms with Crippen LogP contribution in [0.1, 0.15) is 11.6 Å². The number of anilines is 1. The number of nitrogen functional groups attached to an aromatic ring is 1. The minimum atomic E-state index is -0.274. The largest absolute Gasteiger partial charge is 0.492 e. The second-order valence-corrected chi connectivity index (χ2v) is 3.71. The highest BCUT2D eigenvalue weighted by Crippen LogP contribution is 2.17. The Morgan fingerprint density at radius 2 is 1.88 bits per heavy atom. The molecule has 0 bridgehead atoms. The molecule has 0 radical (unpaired) electrons.